The van der Waals surface area contributed by atoms with E-state index in [1.165, 1.54) is 0 Å². The Hall–Kier alpha value is -2.65. The molecule has 116 valence electrons. The van der Waals surface area contributed by atoms with Crippen LogP contribution >= 0.6 is 0 Å². The van der Waals surface area contributed by atoms with Crippen molar-refractivity contribution in [1.29, 1.82) is 0 Å². The number of aliphatic carboxylic acids is 1. The van der Waals surface area contributed by atoms with E-state index in [0.717, 1.165) is 16.7 Å². The van der Waals surface area contributed by atoms with Gasteiger partial charge in [0.1, 0.15) is 0 Å². The Balaban J connectivity index is 1.81. The maximum absolute atomic E-state index is 11.9. The van der Waals surface area contributed by atoms with Crippen LogP contribution in [0, 0.1) is 0 Å². The first-order chi connectivity index (χ1) is 11.2. The zero-order valence-electron chi connectivity index (χ0n) is 12.7. The lowest BCUT2D eigenvalue weighted by atomic mass is 9.86. The zero-order valence-corrected chi connectivity index (χ0v) is 12.7. The van der Waals surface area contributed by atoms with E-state index in [1.807, 2.05) is 66.7 Å². The topological polar surface area (TPSA) is 46.5 Å². The quantitative estimate of drug-likeness (QED) is 0.905. The number of carboxylic acid groups (broad SMARTS) is 1. The second-order valence-electron chi connectivity index (χ2n) is 5.56. The van der Waals surface area contributed by atoms with E-state index < -0.39 is 11.6 Å². The SMILES string of the molecule is O=C(O)C1(OCc2ccccc2)C=CC=C(c2ccccc2)C1. The third-order valence-electron chi connectivity index (χ3n) is 3.96. The molecule has 0 bridgehead atoms. The summed E-state index contributed by atoms with van der Waals surface area (Å²) in [4.78, 5) is 11.9. The number of rotatable bonds is 5. The highest BCUT2D eigenvalue weighted by Crippen LogP contribution is 2.33. The first-order valence-electron chi connectivity index (χ1n) is 7.55. The lowest BCUT2D eigenvalue weighted by Gasteiger charge is -2.30. The molecule has 3 heteroatoms. The molecule has 2 aromatic rings. The van der Waals surface area contributed by atoms with Gasteiger partial charge in [-0.05, 0) is 22.8 Å². The number of benzene rings is 2. The Morgan fingerprint density at radius 2 is 1.70 bits per heavy atom. The molecule has 0 saturated heterocycles. The van der Waals surface area contributed by atoms with Crippen LogP contribution in [-0.2, 0) is 16.1 Å². The summed E-state index contributed by atoms with van der Waals surface area (Å²) in [6.07, 6.45) is 5.66. The number of allylic oxidation sites excluding steroid dienone is 2. The molecular weight excluding hydrogens is 288 g/mol. The van der Waals surface area contributed by atoms with Crippen molar-refractivity contribution < 1.29 is 14.6 Å². The average molecular weight is 306 g/mol. The van der Waals surface area contributed by atoms with Crippen molar-refractivity contribution >= 4 is 11.5 Å². The third-order valence-corrected chi connectivity index (χ3v) is 3.96. The van der Waals surface area contributed by atoms with Gasteiger partial charge >= 0.3 is 5.97 Å². The molecule has 1 N–H and O–H groups in total. The largest absolute Gasteiger partial charge is 0.479 e. The number of hydrogen-bond acceptors (Lipinski definition) is 2. The molecule has 3 rings (SSSR count). The minimum absolute atomic E-state index is 0.263. The van der Waals surface area contributed by atoms with Gasteiger partial charge in [0.2, 0.25) is 0 Å². The molecule has 0 heterocycles. The molecule has 0 spiro atoms. The van der Waals surface area contributed by atoms with Gasteiger partial charge in [-0.15, -0.1) is 0 Å². The molecule has 0 radical (unpaired) electrons. The van der Waals surface area contributed by atoms with E-state index in [4.69, 9.17) is 4.74 Å². The lowest BCUT2D eigenvalue weighted by Crippen LogP contribution is -2.40. The summed E-state index contributed by atoms with van der Waals surface area (Å²) in [5.74, 6) is -0.966. The molecule has 2 aromatic carbocycles. The molecule has 0 aromatic heterocycles. The number of hydrogen-bond donors (Lipinski definition) is 1. The normalized spacial score (nSPS) is 20.1. The predicted octanol–water partition coefficient (Wildman–Crippen LogP) is 4.07. The first-order valence-corrected chi connectivity index (χ1v) is 7.55. The van der Waals surface area contributed by atoms with Crippen LogP contribution in [-0.4, -0.2) is 16.7 Å². The molecule has 23 heavy (non-hydrogen) atoms. The average Bonchev–Trinajstić information content (AvgIpc) is 2.62. The van der Waals surface area contributed by atoms with Gasteiger partial charge in [0.25, 0.3) is 0 Å². The Morgan fingerprint density at radius 1 is 1.04 bits per heavy atom. The van der Waals surface area contributed by atoms with Crippen LogP contribution < -0.4 is 0 Å². The Morgan fingerprint density at radius 3 is 2.35 bits per heavy atom. The van der Waals surface area contributed by atoms with Crippen molar-refractivity contribution in [3.63, 3.8) is 0 Å². The van der Waals surface area contributed by atoms with Gasteiger partial charge in [-0.2, -0.15) is 0 Å². The Bertz CT molecular complexity index is 732. The maximum atomic E-state index is 11.9. The van der Waals surface area contributed by atoms with E-state index in [9.17, 15) is 9.90 Å². The summed E-state index contributed by atoms with van der Waals surface area (Å²) in [7, 11) is 0. The monoisotopic (exact) mass is 306 g/mol. The minimum atomic E-state index is -1.32. The van der Waals surface area contributed by atoms with Crippen molar-refractivity contribution in [2.45, 2.75) is 18.6 Å². The first kappa shape index (κ1) is 15.3. The molecule has 0 saturated carbocycles. The summed E-state index contributed by atoms with van der Waals surface area (Å²) in [5, 5.41) is 9.73. The van der Waals surface area contributed by atoms with Gasteiger partial charge in [0, 0.05) is 6.42 Å². The van der Waals surface area contributed by atoms with Crippen LogP contribution in [0.4, 0.5) is 0 Å². The number of carboxylic acids is 1. The molecule has 0 amide bonds. The molecule has 0 aliphatic heterocycles. The fourth-order valence-corrected chi connectivity index (χ4v) is 2.67. The van der Waals surface area contributed by atoms with E-state index >= 15 is 0 Å². The molecule has 1 atom stereocenters. The van der Waals surface area contributed by atoms with Crippen molar-refractivity contribution in [3.05, 3.63) is 90.0 Å². The summed E-state index contributed by atoms with van der Waals surface area (Å²) in [6.45, 7) is 0.263. The van der Waals surface area contributed by atoms with Crippen molar-refractivity contribution in [2.24, 2.45) is 0 Å². The lowest BCUT2D eigenvalue weighted by molar-refractivity contribution is -0.160. The maximum Gasteiger partial charge on any atom is 0.340 e. The number of ether oxygens (including phenoxy) is 1. The molecule has 1 unspecified atom stereocenters. The van der Waals surface area contributed by atoms with Crippen LogP contribution in [0.1, 0.15) is 17.5 Å². The molecule has 1 aliphatic rings. The van der Waals surface area contributed by atoms with Gasteiger partial charge in [0.05, 0.1) is 6.61 Å². The van der Waals surface area contributed by atoms with Crippen LogP contribution in [0.15, 0.2) is 78.9 Å². The number of carbonyl (C=O) groups is 1. The van der Waals surface area contributed by atoms with E-state index in [1.54, 1.807) is 12.2 Å². The highest BCUT2D eigenvalue weighted by molar-refractivity contribution is 5.85. The summed E-state index contributed by atoms with van der Waals surface area (Å²) in [6, 6.07) is 19.4. The third kappa shape index (κ3) is 3.41. The van der Waals surface area contributed by atoms with Gasteiger partial charge < -0.3 is 9.84 Å². The van der Waals surface area contributed by atoms with Gasteiger partial charge in [0.15, 0.2) is 5.60 Å². The second kappa shape index (κ2) is 6.63. The Labute approximate surface area is 135 Å². The molecule has 3 nitrogen and oxygen atoms in total. The zero-order chi connectivity index (χ0) is 16.1. The van der Waals surface area contributed by atoms with E-state index in [-0.39, 0.29) is 6.61 Å². The van der Waals surface area contributed by atoms with E-state index in [2.05, 4.69) is 0 Å². The highest BCUT2D eigenvalue weighted by Gasteiger charge is 2.39. The van der Waals surface area contributed by atoms with Gasteiger partial charge in [-0.1, -0.05) is 72.8 Å². The second-order valence-corrected chi connectivity index (χ2v) is 5.56. The van der Waals surface area contributed by atoms with Crippen molar-refractivity contribution in [2.75, 3.05) is 0 Å². The smallest absolute Gasteiger partial charge is 0.340 e. The van der Waals surface area contributed by atoms with E-state index in [0.29, 0.717) is 6.42 Å². The van der Waals surface area contributed by atoms with Crippen LogP contribution in [0.2, 0.25) is 0 Å². The van der Waals surface area contributed by atoms with Crippen molar-refractivity contribution in [3.8, 4) is 0 Å². The molecule has 0 fully saturated rings. The summed E-state index contributed by atoms with van der Waals surface area (Å²) < 4.78 is 5.84. The predicted molar refractivity (Wildman–Crippen MR) is 89.8 cm³/mol. The summed E-state index contributed by atoms with van der Waals surface area (Å²) in [5.41, 5.74) is 1.61. The van der Waals surface area contributed by atoms with Crippen LogP contribution in [0.5, 0.6) is 0 Å². The highest BCUT2D eigenvalue weighted by atomic mass is 16.5. The van der Waals surface area contributed by atoms with Gasteiger partial charge in [-0.3, -0.25) is 0 Å². The standard InChI is InChI=1S/C20H18O3/c21-19(22)20(23-15-16-8-3-1-4-9-16)13-7-12-18(14-20)17-10-5-2-6-11-17/h1-13H,14-15H2,(H,21,22). The van der Waals surface area contributed by atoms with Gasteiger partial charge in [-0.25, -0.2) is 4.79 Å². The summed E-state index contributed by atoms with van der Waals surface area (Å²) >= 11 is 0. The fraction of sp³-hybridized carbons (Fsp3) is 0.150. The molecule has 1 aliphatic carbocycles. The van der Waals surface area contributed by atoms with Crippen molar-refractivity contribution in [1.82, 2.24) is 0 Å². The fourth-order valence-electron chi connectivity index (χ4n) is 2.67. The minimum Gasteiger partial charge on any atom is -0.479 e. The van der Waals surface area contributed by atoms with Crippen LogP contribution in [0.3, 0.4) is 0 Å². The molecular formula is C20H18O3. The Kier molecular flexibility index (Phi) is 4.40. The van der Waals surface area contributed by atoms with Crippen LogP contribution in [0.25, 0.3) is 5.57 Å².